The number of nitrogens with zero attached hydrogens (tertiary/aromatic N) is 1. The van der Waals surface area contributed by atoms with Crippen molar-refractivity contribution in [3.63, 3.8) is 0 Å². The van der Waals surface area contributed by atoms with Crippen molar-refractivity contribution >= 4 is 22.4 Å². The highest BCUT2D eigenvalue weighted by atomic mass is 32.1. The molecule has 7 heteroatoms. The van der Waals surface area contributed by atoms with Crippen LogP contribution in [0, 0.1) is 11.6 Å². The van der Waals surface area contributed by atoms with E-state index in [1.165, 1.54) is 5.56 Å². The summed E-state index contributed by atoms with van der Waals surface area (Å²) in [6, 6.07) is 11.1. The number of thiazole rings is 1. The topological polar surface area (TPSA) is 51.2 Å². The quantitative estimate of drug-likeness (QED) is 0.705. The van der Waals surface area contributed by atoms with Crippen LogP contribution in [0.3, 0.4) is 0 Å². The highest BCUT2D eigenvalue weighted by molar-refractivity contribution is 7.14. The van der Waals surface area contributed by atoms with Crippen LogP contribution in [0.4, 0.5) is 13.9 Å². The van der Waals surface area contributed by atoms with E-state index in [-0.39, 0.29) is 29.7 Å². The van der Waals surface area contributed by atoms with Gasteiger partial charge in [-0.15, -0.1) is 11.3 Å². The van der Waals surface area contributed by atoms with Gasteiger partial charge in [0.25, 0.3) is 0 Å². The molecule has 4 nitrogen and oxygen atoms in total. The first-order valence-corrected chi connectivity index (χ1v) is 9.38. The number of ether oxygens (including phenoxy) is 1. The van der Waals surface area contributed by atoms with Crippen LogP contribution in [-0.2, 0) is 16.0 Å². The number of fused-ring (bicyclic) bond motifs is 1. The van der Waals surface area contributed by atoms with E-state index in [1.807, 2.05) is 24.3 Å². The molecule has 1 N–H and O–H groups in total. The summed E-state index contributed by atoms with van der Waals surface area (Å²) in [7, 11) is 0. The number of amides is 1. The van der Waals surface area contributed by atoms with Crippen molar-refractivity contribution < 1.29 is 18.3 Å². The summed E-state index contributed by atoms with van der Waals surface area (Å²) in [4.78, 5) is 16.6. The van der Waals surface area contributed by atoms with Gasteiger partial charge in [0, 0.05) is 10.9 Å². The third kappa shape index (κ3) is 3.89. The molecule has 2 aromatic carbocycles. The largest absolute Gasteiger partial charge is 0.373 e. The molecule has 27 heavy (non-hydrogen) atoms. The summed E-state index contributed by atoms with van der Waals surface area (Å²) in [6.07, 6.45) is 0.707. The molecule has 0 aliphatic carbocycles. The summed E-state index contributed by atoms with van der Waals surface area (Å²) in [5.74, 6) is -1.35. The van der Waals surface area contributed by atoms with E-state index in [1.54, 1.807) is 5.38 Å². The molecule has 138 valence electrons. The van der Waals surface area contributed by atoms with Crippen molar-refractivity contribution in [2.24, 2.45) is 0 Å². The predicted molar refractivity (Wildman–Crippen MR) is 99.6 cm³/mol. The molecule has 0 saturated heterocycles. The fourth-order valence-corrected chi connectivity index (χ4v) is 3.86. The van der Waals surface area contributed by atoms with Crippen LogP contribution in [0.15, 0.2) is 47.8 Å². The lowest BCUT2D eigenvalue weighted by Crippen LogP contribution is -2.22. The standard InChI is InChI=1S/C20H16F2N2O2S/c21-13-5-6-16(22)15(9-13)17-11-27-20(23-17)24-19(25)10-18-14-4-2-1-3-12(14)7-8-26-18/h1-6,9,11,18H,7-8,10H2,(H,23,24,25). The van der Waals surface area contributed by atoms with E-state index in [2.05, 4.69) is 10.3 Å². The third-order valence-corrected chi connectivity index (χ3v) is 5.18. The molecule has 3 aromatic rings. The van der Waals surface area contributed by atoms with Gasteiger partial charge in [-0.05, 0) is 35.7 Å². The van der Waals surface area contributed by atoms with Gasteiger partial charge in [0.15, 0.2) is 5.13 Å². The highest BCUT2D eigenvalue weighted by Gasteiger charge is 2.23. The average molecular weight is 386 g/mol. The molecule has 1 amide bonds. The molecule has 1 atom stereocenters. The van der Waals surface area contributed by atoms with Gasteiger partial charge in [0.2, 0.25) is 5.91 Å². The van der Waals surface area contributed by atoms with Crippen molar-refractivity contribution in [1.29, 1.82) is 0 Å². The average Bonchev–Trinajstić information content (AvgIpc) is 3.12. The second kappa shape index (κ2) is 7.54. The highest BCUT2D eigenvalue weighted by Crippen LogP contribution is 2.31. The van der Waals surface area contributed by atoms with Crippen molar-refractivity contribution in [1.82, 2.24) is 4.98 Å². The van der Waals surface area contributed by atoms with Crippen LogP contribution in [0.25, 0.3) is 11.3 Å². The zero-order chi connectivity index (χ0) is 18.8. The van der Waals surface area contributed by atoms with Gasteiger partial charge in [-0.2, -0.15) is 0 Å². The Labute approximate surface area is 158 Å². The number of benzene rings is 2. The number of nitrogens with one attached hydrogen (secondary N) is 1. The molecular weight excluding hydrogens is 370 g/mol. The third-order valence-electron chi connectivity index (χ3n) is 4.42. The Morgan fingerprint density at radius 3 is 3.00 bits per heavy atom. The Balaban J connectivity index is 1.46. The fraction of sp³-hybridized carbons (Fsp3) is 0.200. The first kappa shape index (κ1) is 17.8. The molecule has 0 radical (unpaired) electrons. The fourth-order valence-electron chi connectivity index (χ4n) is 3.13. The van der Waals surface area contributed by atoms with Crippen LogP contribution < -0.4 is 5.32 Å². The number of anilines is 1. The van der Waals surface area contributed by atoms with E-state index < -0.39 is 11.6 Å². The zero-order valence-electron chi connectivity index (χ0n) is 14.2. The van der Waals surface area contributed by atoms with Crippen molar-refractivity contribution in [2.45, 2.75) is 18.9 Å². The van der Waals surface area contributed by atoms with E-state index in [0.29, 0.717) is 11.7 Å². The molecule has 0 fully saturated rings. The molecule has 1 unspecified atom stereocenters. The smallest absolute Gasteiger partial charge is 0.229 e. The molecule has 0 bridgehead atoms. The van der Waals surface area contributed by atoms with Gasteiger partial charge in [0.1, 0.15) is 11.6 Å². The number of halogens is 2. The molecule has 0 spiro atoms. The molecule has 4 rings (SSSR count). The van der Waals surface area contributed by atoms with E-state index in [9.17, 15) is 13.6 Å². The van der Waals surface area contributed by atoms with Gasteiger partial charge >= 0.3 is 0 Å². The van der Waals surface area contributed by atoms with Crippen LogP contribution in [0.1, 0.15) is 23.7 Å². The predicted octanol–water partition coefficient (Wildman–Crippen LogP) is 4.73. The van der Waals surface area contributed by atoms with Gasteiger partial charge in [0.05, 0.1) is 24.8 Å². The maximum absolute atomic E-state index is 13.9. The Morgan fingerprint density at radius 2 is 2.11 bits per heavy atom. The first-order valence-electron chi connectivity index (χ1n) is 8.50. The minimum atomic E-state index is -0.563. The van der Waals surface area contributed by atoms with Gasteiger partial charge in [-0.1, -0.05) is 24.3 Å². The van der Waals surface area contributed by atoms with Crippen LogP contribution in [-0.4, -0.2) is 17.5 Å². The summed E-state index contributed by atoms with van der Waals surface area (Å²) in [5, 5.41) is 4.64. The Hall–Kier alpha value is -2.64. The molecule has 2 heterocycles. The van der Waals surface area contributed by atoms with Crippen LogP contribution in [0.5, 0.6) is 0 Å². The Kier molecular flexibility index (Phi) is 4.96. The Morgan fingerprint density at radius 1 is 1.26 bits per heavy atom. The summed E-state index contributed by atoms with van der Waals surface area (Å²) in [5.41, 5.74) is 2.57. The summed E-state index contributed by atoms with van der Waals surface area (Å²) < 4.78 is 33.0. The number of rotatable bonds is 4. The SMILES string of the molecule is O=C(CC1OCCc2ccccc21)Nc1nc(-c2cc(F)ccc2F)cs1. The van der Waals surface area contributed by atoms with Gasteiger partial charge < -0.3 is 10.1 Å². The lowest BCUT2D eigenvalue weighted by Gasteiger charge is -2.25. The lowest BCUT2D eigenvalue weighted by atomic mass is 9.96. The number of aromatic nitrogens is 1. The monoisotopic (exact) mass is 386 g/mol. The zero-order valence-corrected chi connectivity index (χ0v) is 15.1. The van der Waals surface area contributed by atoms with Crippen molar-refractivity contribution in [2.75, 3.05) is 11.9 Å². The maximum Gasteiger partial charge on any atom is 0.229 e. The number of carbonyl (C=O) groups excluding carboxylic acids is 1. The van der Waals surface area contributed by atoms with Crippen molar-refractivity contribution in [3.05, 3.63) is 70.6 Å². The second-order valence-corrected chi connectivity index (χ2v) is 7.08. The molecule has 1 aromatic heterocycles. The maximum atomic E-state index is 13.9. The molecular formula is C20H16F2N2O2S. The molecule has 0 saturated carbocycles. The van der Waals surface area contributed by atoms with E-state index >= 15 is 0 Å². The second-order valence-electron chi connectivity index (χ2n) is 6.22. The van der Waals surface area contributed by atoms with Crippen molar-refractivity contribution in [3.8, 4) is 11.3 Å². The number of hydrogen-bond acceptors (Lipinski definition) is 4. The summed E-state index contributed by atoms with van der Waals surface area (Å²) in [6.45, 7) is 0.579. The van der Waals surface area contributed by atoms with Crippen LogP contribution >= 0.6 is 11.3 Å². The Bertz CT molecular complexity index is 990. The summed E-state index contributed by atoms with van der Waals surface area (Å²) >= 11 is 1.16. The molecule has 1 aliphatic heterocycles. The van der Waals surface area contributed by atoms with E-state index in [4.69, 9.17) is 4.74 Å². The van der Waals surface area contributed by atoms with Crippen LogP contribution in [0.2, 0.25) is 0 Å². The molecule has 1 aliphatic rings. The minimum absolute atomic E-state index is 0.0660. The lowest BCUT2D eigenvalue weighted by molar-refractivity contribution is -0.119. The first-order chi connectivity index (χ1) is 13.1. The van der Waals surface area contributed by atoms with Gasteiger partial charge in [-0.3, -0.25) is 4.79 Å². The van der Waals surface area contributed by atoms with E-state index in [0.717, 1.165) is 41.5 Å². The number of carbonyl (C=O) groups is 1. The normalized spacial score (nSPS) is 16.0. The number of hydrogen-bond donors (Lipinski definition) is 1. The van der Waals surface area contributed by atoms with Gasteiger partial charge in [-0.25, -0.2) is 13.8 Å². The minimum Gasteiger partial charge on any atom is -0.373 e.